The fourth-order valence-corrected chi connectivity index (χ4v) is 5.64. The molecule has 5 nitrogen and oxygen atoms in total. The maximum absolute atomic E-state index is 5.30. The Bertz CT molecular complexity index is 1150. The Hall–Kier alpha value is -2.17. The van der Waals surface area contributed by atoms with Crippen LogP contribution in [0, 0.1) is 0 Å². The van der Waals surface area contributed by atoms with E-state index in [9.17, 15) is 0 Å². The van der Waals surface area contributed by atoms with Gasteiger partial charge in [0.1, 0.15) is 5.75 Å². The summed E-state index contributed by atoms with van der Waals surface area (Å²) in [5.74, 6) is 0.833. The second kappa shape index (κ2) is 7.92. The van der Waals surface area contributed by atoms with Crippen LogP contribution < -0.4 is 10.1 Å². The maximum atomic E-state index is 5.30. The van der Waals surface area contributed by atoms with E-state index in [0.29, 0.717) is 11.7 Å². The van der Waals surface area contributed by atoms with Crippen LogP contribution in [-0.4, -0.2) is 33.3 Å². The monoisotopic (exact) mass is 424 g/mol. The first-order chi connectivity index (χ1) is 14.2. The summed E-state index contributed by atoms with van der Waals surface area (Å²) >= 11 is 1.76. The average Bonchev–Trinajstić information content (AvgIpc) is 3.32. The van der Waals surface area contributed by atoms with Crippen molar-refractivity contribution in [2.24, 2.45) is 0 Å². The van der Waals surface area contributed by atoms with Gasteiger partial charge in [-0.25, -0.2) is 9.97 Å². The summed E-state index contributed by atoms with van der Waals surface area (Å²) in [7, 11) is 4.69. The van der Waals surface area contributed by atoms with Crippen molar-refractivity contribution in [3.05, 3.63) is 48.3 Å². The first kappa shape index (κ1) is 18.8. The summed E-state index contributed by atoms with van der Waals surface area (Å²) in [6.07, 6.45) is 7.06. The van der Waals surface area contributed by atoms with Gasteiger partial charge in [-0.1, -0.05) is 30.2 Å². The highest BCUT2D eigenvalue weighted by Gasteiger charge is 2.22. The van der Waals surface area contributed by atoms with E-state index in [1.165, 1.54) is 35.9 Å². The maximum Gasteiger partial charge on any atom is 0.184 e. The van der Waals surface area contributed by atoms with Crippen molar-refractivity contribution in [3.8, 4) is 5.75 Å². The second-order valence-electron chi connectivity index (χ2n) is 7.75. The van der Waals surface area contributed by atoms with E-state index in [4.69, 9.17) is 9.72 Å². The summed E-state index contributed by atoms with van der Waals surface area (Å²) in [4.78, 5) is 9.34. The van der Waals surface area contributed by atoms with E-state index in [1.807, 2.05) is 18.5 Å². The standard InChI is InChI=1S/C22H25N4OPS/c1-27-15-7-9-19-18(11-15)23-13-26(19)12-14-6-8-17-21(10-14)29-22(25-17)24-16-4-2-3-5-20(16)28/h6-11,13,16,20H,2-5,12,28H2,1H3,(H,24,25)/t16-,20?/m1/s1. The van der Waals surface area contributed by atoms with Crippen molar-refractivity contribution in [2.45, 2.75) is 43.9 Å². The molecule has 7 heteroatoms. The van der Waals surface area contributed by atoms with Gasteiger partial charge in [-0.2, -0.15) is 0 Å². The molecule has 5 rings (SSSR count). The molecule has 2 aromatic carbocycles. The fourth-order valence-electron chi connectivity index (χ4n) is 4.12. The SMILES string of the molecule is COc1ccc2c(c1)ncn2Cc1ccc2nc(N[C@@H]3CCCCC3P)sc2c1. The van der Waals surface area contributed by atoms with E-state index < -0.39 is 0 Å². The molecule has 4 aromatic rings. The predicted octanol–water partition coefficient (Wildman–Crippen LogP) is 5.30. The Kier molecular flexibility index (Phi) is 5.15. The molecule has 1 N–H and O–H groups in total. The van der Waals surface area contributed by atoms with Crippen LogP contribution in [0.1, 0.15) is 31.2 Å². The lowest BCUT2D eigenvalue weighted by molar-refractivity contribution is 0.415. The van der Waals surface area contributed by atoms with Gasteiger partial charge in [0.25, 0.3) is 0 Å². The first-order valence-corrected chi connectivity index (χ1v) is 11.6. The van der Waals surface area contributed by atoms with Crippen LogP contribution in [0.3, 0.4) is 0 Å². The van der Waals surface area contributed by atoms with Gasteiger partial charge in [0.05, 0.1) is 34.7 Å². The lowest BCUT2D eigenvalue weighted by atomic mass is 9.95. The molecule has 0 radical (unpaired) electrons. The quantitative estimate of drug-likeness (QED) is 0.442. The number of benzene rings is 2. The molecule has 0 aliphatic heterocycles. The van der Waals surface area contributed by atoms with Gasteiger partial charge in [0, 0.05) is 18.7 Å². The number of anilines is 1. The third-order valence-electron chi connectivity index (χ3n) is 5.76. The van der Waals surface area contributed by atoms with Crippen molar-refractivity contribution < 1.29 is 4.74 Å². The molecule has 2 unspecified atom stereocenters. The third-order valence-corrected chi connectivity index (χ3v) is 7.51. The highest BCUT2D eigenvalue weighted by atomic mass is 32.1. The zero-order valence-corrected chi connectivity index (χ0v) is 18.4. The lowest BCUT2D eigenvalue weighted by Crippen LogP contribution is -2.32. The number of nitrogens with zero attached hydrogens (tertiary/aromatic N) is 3. The zero-order valence-electron chi connectivity index (χ0n) is 16.5. The number of nitrogens with one attached hydrogen (secondary N) is 1. The van der Waals surface area contributed by atoms with Crippen LogP contribution in [0.25, 0.3) is 21.3 Å². The lowest BCUT2D eigenvalue weighted by Gasteiger charge is -2.29. The Balaban J connectivity index is 1.37. The number of fused-ring (bicyclic) bond motifs is 2. The molecule has 0 bridgehead atoms. The van der Waals surface area contributed by atoms with Crippen LogP contribution in [0.5, 0.6) is 5.75 Å². The molecule has 0 spiro atoms. The van der Waals surface area contributed by atoms with E-state index in [1.54, 1.807) is 18.4 Å². The largest absolute Gasteiger partial charge is 0.497 e. The number of ether oxygens (including phenoxy) is 1. The minimum absolute atomic E-state index is 0.517. The molecule has 29 heavy (non-hydrogen) atoms. The smallest absolute Gasteiger partial charge is 0.184 e. The molecule has 1 aliphatic rings. The van der Waals surface area contributed by atoms with Crippen LogP contribution in [0.2, 0.25) is 0 Å². The number of hydrogen-bond acceptors (Lipinski definition) is 5. The third kappa shape index (κ3) is 3.84. The van der Waals surface area contributed by atoms with Gasteiger partial charge >= 0.3 is 0 Å². The topological polar surface area (TPSA) is 52.0 Å². The number of thiazole rings is 1. The van der Waals surface area contributed by atoms with Crippen LogP contribution in [0.15, 0.2) is 42.7 Å². The van der Waals surface area contributed by atoms with Crippen molar-refractivity contribution in [2.75, 3.05) is 12.4 Å². The molecule has 3 atom stereocenters. The second-order valence-corrected chi connectivity index (χ2v) is 9.63. The molecule has 2 heterocycles. The highest BCUT2D eigenvalue weighted by molar-refractivity contribution is 7.22. The molecule has 2 aromatic heterocycles. The average molecular weight is 425 g/mol. The van der Waals surface area contributed by atoms with Gasteiger partial charge in [0.15, 0.2) is 5.13 Å². The molecular weight excluding hydrogens is 399 g/mol. The molecule has 1 aliphatic carbocycles. The molecule has 1 fully saturated rings. The van der Waals surface area contributed by atoms with E-state index in [2.05, 4.69) is 48.4 Å². The van der Waals surface area contributed by atoms with Gasteiger partial charge in [-0.15, -0.1) is 9.24 Å². The molecule has 150 valence electrons. The van der Waals surface area contributed by atoms with Crippen LogP contribution in [0.4, 0.5) is 5.13 Å². The van der Waals surface area contributed by atoms with Crippen LogP contribution >= 0.6 is 20.6 Å². The number of imidazole rings is 1. The summed E-state index contributed by atoms with van der Waals surface area (Å²) in [6, 6.07) is 13.1. The number of rotatable bonds is 5. The summed E-state index contributed by atoms with van der Waals surface area (Å²) in [5, 5.41) is 4.72. The van der Waals surface area contributed by atoms with Gasteiger partial charge < -0.3 is 14.6 Å². The van der Waals surface area contributed by atoms with E-state index in [0.717, 1.165) is 34.0 Å². The van der Waals surface area contributed by atoms with Gasteiger partial charge in [0.2, 0.25) is 0 Å². The highest BCUT2D eigenvalue weighted by Crippen LogP contribution is 2.32. The Morgan fingerprint density at radius 3 is 2.93 bits per heavy atom. The van der Waals surface area contributed by atoms with E-state index in [-0.39, 0.29) is 0 Å². The number of aromatic nitrogens is 3. The van der Waals surface area contributed by atoms with Crippen molar-refractivity contribution in [3.63, 3.8) is 0 Å². The first-order valence-electron chi connectivity index (χ1n) is 10.1. The minimum Gasteiger partial charge on any atom is -0.497 e. The van der Waals surface area contributed by atoms with E-state index >= 15 is 0 Å². The normalized spacial score (nSPS) is 19.7. The molecule has 0 amide bonds. The van der Waals surface area contributed by atoms with Crippen molar-refractivity contribution in [1.29, 1.82) is 0 Å². The van der Waals surface area contributed by atoms with Crippen molar-refractivity contribution >= 4 is 47.0 Å². The minimum atomic E-state index is 0.517. The van der Waals surface area contributed by atoms with Gasteiger partial charge in [-0.05, 0) is 48.3 Å². The number of hydrogen-bond donors (Lipinski definition) is 1. The summed E-state index contributed by atoms with van der Waals surface area (Å²) in [5.41, 5.74) is 5.02. The fraction of sp³-hybridized carbons (Fsp3) is 0.364. The number of methoxy groups -OCH3 is 1. The van der Waals surface area contributed by atoms with Crippen LogP contribution in [-0.2, 0) is 6.54 Å². The molecule has 0 saturated heterocycles. The molecular formula is C22H25N4OPS. The van der Waals surface area contributed by atoms with Gasteiger partial charge in [-0.3, -0.25) is 0 Å². The Morgan fingerprint density at radius 2 is 2.07 bits per heavy atom. The Labute approximate surface area is 176 Å². The predicted molar refractivity (Wildman–Crippen MR) is 124 cm³/mol. The summed E-state index contributed by atoms with van der Waals surface area (Å²) in [6.45, 7) is 0.787. The zero-order chi connectivity index (χ0) is 19.8. The molecule has 1 saturated carbocycles. The summed E-state index contributed by atoms with van der Waals surface area (Å²) < 4.78 is 8.71. The Morgan fingerprint density at radius 1 is 1.17 bits per heavy atom. The van der Waals surface area contributed by atoms with Crippen molar-refractivity contribution in [1.82, 2.24) is 14.5 Å².